The summed E-state index contributed by atoms with van der Waals surface area (Å²) < 4.78 is 2.80. The molecular formula is C12H16N4S2. The van der Waals surface area contributed by atoms with Crippen molar-refractivity contribution < 1.29 is 0 Å². The molecule has 18 heavy (non-hydrogen) atoms. The van der Waals surface area contributed by atoms with Crippen LogP contribution in [0.1, 0.15) is 42.8 Å². The molecule has 96 valence electrons. The molecule has 0 saturated heterocycles. The quantitative estimate of drug-likeness (QED) is 0.869. The summed E-state index contributed by atoms with van der Waals surface area (Å²) >= 11 is 7.03. The van der Waals surface area contributed by atoms with Crippen LogP contribution in [0.25, 0.3) is 10.7 Å². The maximum absolute atomic E-state index is 5.30. The van der Waals surface area contributed by atoms with Crippen LogP contribution in [0.5, 0.6) is 0 Å². The van der Waals surface area contributed by atoms with E-state index in [1.165, 1.54) is 23.4 Å². The first-order valence-corrected chi connectivity index (χ1v) is 7.56. The molecule has 1 aliphatic rings. The van der Waals surface area contributed by atoms with Crippen LogP contribution in [0.3, 0.4) is 0 Å². The van der Waals surface area contributed by atoms with Crippen LogP contribution < -0.4 is 0 Å². The van der Waals surface area contributed by atoms with Crippen molar-refractivity contribution >= 4 is 23.6 Å². The van der Waals surface area contributed by atoms with Gasteiger partial charge in [0, 0.05) is 12.5 Å². The molecule has 0 amide bonds. The maximum atomic E-state index is 5.30. The number of rotatable bonds is 4. The summed E-state index contributed by atoms with van der Waals surface area (Å²) in [7, 11) is 0. The third-order valence-electron chi connectivity index (χ3n) is 3.13. The molecule has 0 bridgehead atoms. The Bertz CT molecular complexity index is 618. The Morgan fingerprint density at radius 1 is 1.50 bits per heavy atom. The predicted molar refractivity (Wildman–Crippen MR) is 75.5 cm³/mol. The Hall–Kier alpha value is -1.01. The van der Waals surface area contributed by atoms with E-state index in [2.05, 4.69) is 33.6 Å². The molecule has 6 heteroatoms. The number of hydrogen-bond donors (Lipinski definition) is 1. The van der Waals surface area contributed by atoms with Gasteiger partial charge in [-0.3, -0.25) is 9.67 Å². The van der Waals surface area contributed by atoms with Crippen LogP contribution in [0.4, 0.5) is 0 Å². The van der Waals surface area contributed by atoms with Gasteiger partial charge in [-0.1, -0.05) is 6.92 Å². The lowest BCUT2D eigenvalue weighted by molar-refractivity contribution is 0.675. The number of aromatic nitrogens is 4. The summed E-state index contributed by atoms with van der Waals surface area (Å²) in [4.78, 5) is 5.88. The molecule has 0 aliphatic heterocycles. The summed E-state index contributed by atoms with van der Waals surface area (Å²) in [5.74, 6) is 1.61. The van der Waals surface area contributed by atoms with Gasteiger partial charge in [-0.15, -0.1) is 11.3 Å². The fourth-order valence-corrected chi connectivity index (χ4v) is 3.39. The molecule has 1 saturated carbocycles. The van der Waals surface area contributed by atoms with E-state index in [4.69, 9.17) is 12.2 Å². The number of thiazole rings is 1. The first-order chi connectivity index (χ1) is 8.70. The van der Waals surface area contributed by atoms with Gasteiger partial charge in [0.1, 0.15) is 0 Å². The maximum Gasteiger partial charge on any atom is 0.195 e. The van der Waals surface area contributed by atoms with Crippen LogP contribution >= 0.6 is 23.6 Å². The van der Waals surface area contributed by atoms with Gasteiger partial charge in [-0.25, -0.2) is 4.98 Å². The molecule has 0 aromatic carbocycles. The first kappa shape index (κ1) is 12.0. The van der Waals surface area contributed by atoms with Gasteiger partial charge in [0.15, 0.2) is 10.6 Å². The van der Waals surface area contributed by atoms with Crippen molar-refractivity contribution in [3.05, 3.63) is 15.5 Å². The number of hydrogen-bond acceptors (Lipinski definition) is 4. The second-order valence-corrected chi connectivity index (χ2v) is 6.32. The number of aryl methyl sites for hydroxylation is 1. The number of H-pyrrole nitrogens is 1. The minimum absolute atomic E-state index is 0.644. The summed E-state index contributed by atoms with van der Waals surface area (Å²) in [6.45, 7) is 5.12. The highest BCUT2D eigenvalue weighted by molar-refractivity contribution is 7.71. The Kier molecular flexibility index (Phi) is 3.07. The lowest BCUT2D eigenvalue weighted by Crippen LogP contribution is -2.00. The SMILES string of the molecule is CCCn1c(-c2sc(C)nc2C2CC2)n[nH]c1=S. The van der Waals surface area contributed by atoms with Crippen molar-refractivity contribution in [1.82, 2.24) is 19.7 Å². The van der Waals surface area contributed by atoms with Crippen LogP contribution in [0, 0.1) is 11.7 Å². The van der Waals surface area contributed by atoms with E-state index in [1.807, 2.05) is 0 Å². The molecule has 0 spiro atoms. The normalized spacial score (nSPS) is 15.2. The van der Waals surface area contributed by atoms with E-state index in [0.717, 1.165) is 23.8 Å². The third kappa shape index (κ3) is 2.03. The average Bonchev–Trinajstić information content (AvgIpc) is 3.03. The van der Waals surface area contributed by atoms with E-state index in [1.54, 1.807) is 11.3 Å². The largest absolute Gasteiger partial charge is 0.299 e. The van der Waals surface area contributed by atoms with Crippen molar-refractivity contribution in [2.75, 3.05) is 0 Å². The zero-order chi connectivity index (χ0) is 12.7. The molecule has 1 N–H and O–H groups in total. The summed E-state index contributed by atoms with van der Waals surface area (Å²) in [5, 5.41) is 8.43. The highest BCUT2D eigenvalue weighted by Crippen LogP contribution is 2.45. The average molecular weight is 280 g/mol. The lowest BCUT2D eigenvalue weighted by Gasteiger charge is -2.04. The molecule has 0 atom stereocenters. The monoisotopic (exact) mass is 280 g/mol. The van der Waals surface area contributed by atoms with Gasteiger partial charge in [0.05, 0.1) is 15.6 Å². The predicted octanol–water partition coefficient (Wildman–Crippen LogP) is 3.66. The number of nitrogens with one attached hydrogen (secondary N) is 1. The molecule has 0 unspecified atom stereocenters. The smallest absolute Gasteiger partial charge is 0.195 e. The van der Waals surface area contributed by atoms with E-state index in [-0.39, 0.29) is 0 Å². The molecule has 2 aromatic heterocycles. The van der Waals surface area contributed by atoms with Crippen LogP contribution in [0.15, 0.2) is 0 Å². The van der Waals surface area contributed by atoms with Gasteiger partial charge in [-0.05, 0) is 38.4 Å². The van der Waals surface area contributed by atoms with Gasteiger partial charge >= 0.3 is 0 Å². The van der Waals surface area contributed by atoms with E-state index >= 15 is 0 Å². The van der Waals surface area contributed by atoms with Gasteiger partial charge in [0.2, 0.25) is 0 Å². The molecular weight excluding hydrogens is 264 g/mol. The Morgan fingerprint density at radius 2 is 2.28 bits per heavy atom. The lowest BCUT2D eigenvalue weighted by atomic mass is 10.2. The Morgan fingerprint density at radius 3 is 2.94 bits per heavy atom. The molecule has 2 aromatic rings. The Balaban J connectivity index is 2.11. The zero-order valence-electron chi connectivity index (χ0n) is 10.6. The fraction of sp³-hybridized carbons (Fsp3) is 0.583. The minimum atomic E-state index is 0.644. The van der Waals surface area contributed by atoms with Crippen molar-refractivity contribution in [2.45, 2.75) is 45.6 Å². The second-order valence-electron chi connectivity index (χ2n) is 4.73. The molecule has 3 rings (SSSR count). The van der Waals surface area contributed by atoms with E-state index in [0.29, 0.717) is 10.7 Å². The molecule has 4 nitrogen and oxygen atoms in total. The molecule has 0 radical (unpaired) electrons. The van der Waals surface area contributed by atoms with Crippen LogP contribution in [0.2, 0.25) is 0 Å². The molecule has 1 aliphatic carbocycles. The van der Waals surface area contributed by atoms with E-state index in [9.17, 15) is 0 Å². The van der Waals surface area contributed by atoms with Crippen molar-refractivity contribution in [1.29, 1.82) is 0 Å². The van der Waals surface area contributed by atoms with Gasteiger partial charge in [0.25, 0.3) is 0 Å². The van der Waals surface area contributed by atoms with Crippen molar-refractivity contribution in [3.8, 4) is 10.7 Å². The standard InChI is InChI=1S/C12H16N4S2/c1-3-6-16-11(14-15-12(16)17)10-9(8-4-5-8)13-7(2)18-10/h8H,3-6H2,1-2H3,(H,15,17). The van der Waals surface area contributed by atoms with Crippen molar-refractivity contribution in [3.63, 3.8) is 0 Å². The topological polar surface area (TPSA) is 46.5 Å². The summed E-state index contributed by atoms with van der Waals surface area (Å²) in [5.41, 5.74) is 1.23. The highest BCUT2D eigenvalue weighted by Gasteiger charge is 2.31. The molecule has 1 fully saturated rings. The van der Waals surface area contributed by atoms with Crippen molar-refractivity contribution in [2.24, 2.45) is 0 Å². The molecule has 2 heterocycles. The first-order valence-electron chi connectivity index (χ1n) is 6.33. The zero-order valence-corrected chi connectivity index (χ0v) is 12.2. The minimum Gasteiger partial charge on any atom is -0.299 e. The number of aromatic amines is 1. The number of nitrogens with zero attached hydrogens (tertiary/aromatic N) is 3. The van der Waals surface area contributed by atoms with Gasteiger partial charge < -0.3 is 0 Å². The third-order valence-corrected chi connectivity index (χ3v) is 4.43. The fourth-order valence-electron chi connectivity index (χ4n) is 2.16. The summed E-state index contributed by atoms with van der Waals surface area (Å²) in [6, 6.07) is 0. The van der Waals surface area contributed by atoms with Crippen LogP contribution in [-0.2, 0) is 6.54 Å². The van der Waals surface area contributed by atoms with Crippen LogP contribution in [-0.4, -0.2) is 19.7 Å². The Labute approximate surface area is 115 Å². The summed E-state index contributed by atoms with van der Waals surface area (Å²) in [6.07, 6.45) is 3.57. The van der Waals surface area contributed by atoms with E-state index < -0.39 is 0 Å². The second kappa shape index (κ2) is 4.59. The highest BCUT2D eigenvalue weighted by atomic mass is 32.1. The van der Waals surface area contributed by atoms with Gasteiger partial charge in [-0.2, -0.15) is 5.10 Å².